The first-order valence-electron chi connectivity index (χ1n) is 4.68. The normalized spacial score (nSPS) is 18.6. The predicted molar refractivity (Wildman–Crippen MR) is 60.5 cm³/mol. The van der Waals surface area contributed by atoms with Crippen molar-refractivity contribution in [2.75, 3.05) is 11.5 Å². The van der Waals surface area contributed by atoms with Gasteiger partial charge in [-0.15, -0.1) is 0 Å². The van der Waals surface area contributed by atoms with Gasteiger partial charge >= 0.3 is 0 Å². The fourth-order valence-electron chi connectivity index (χ4n) is 1.83. The zero-order valence-electron chi connectivity index (χ0n) is 7.69. The van der Waals surface area contributed by atoms with Crippen LogP contribution in [0.15, 0.2) is 42.2 Å². The fraction of sp³-hybridized carbons (Fsp3) is 0.167. The van der Waals surface area contributed by atoms with Gasteiger partial charge < -0.3 is 4.74 Å². The first-order valence-corrected chi connectivity index (χ1v) is 5.84. The highest BCUT2D eigenvalue weighted by atomic mass is 32.2. The molecule has 0 aliphatic carbocycles. The summed E-state index contributed by atoms with van der Waals surface area (Å²) in [5, 5.41) is 0. The monoisotopic (exact) mass is 202 g/mol. The van der Waals surface area contributed by atoms with E-state index in [1.165, 1.54) is 16.7 Å². The van der Waals surface area contributed by atoms with Crippen LogP contribution in [0, 0.1) is 0 Å². The van der Waals surface area contributed by atoms with Crippen LogP contribution in [0.2, 0.25) is 0 Å². The molecule has 2 aliphatic rings. The molecule has 2 heteroatoms. The van der Waals surface area contributed by atoms with Gasteiger partial charge in [0.15, 0.2) is 0 Å². The first kappa shape index (κ1) is 8.18. The summed E-state index contributed by atoms with van der Waals surface area (Å²) < 4.78 is 5.58. The number of para-hydroxylation sites is 1. The van der Waals surface area contributed by atoms with Crippen LogP contribution in [0.25, 0.3) is 5.57 Å². The lowest BCUT2D eigenvalue weighted by Gasteiger charge is -2.23. The summed E-state index contributed by atoms with van der Waals surface area (Å²) in [4.78, 5) is 0. The van der Waals surface area contributed by atoms with Crippen molar-refractivity contribution < 1.29 is 4.74 Å². The van der Waals surface area contributed by atoms with Crippen molar-refractivity contribution in [3.05, 3.63) is 47.7 Å². The lowest BCUT2D eigenvalue weighted by molar-refractivity contribution is 0.471. The molecule has 1 nitrogen and oxygen atoms in total. The van der Waals surface area contributed by atoms with Gasteiger partial charge in [0.1, 0.15) is 5.75 Å². The van der Waals surface area contributed by atoms with Gasteiger partial charge in [-0.2, -0.15) is 11.8 Å². The average molecular weight is 202 g/mol. The molecule has 0 unspecified atom stereocenters. The number of thioether (sulfide) groups is 1. The Kier molecular flexibility index (Phi) is 1.88. The average Bonchev–Trinajstić information content (AvgIpc) is 2.29. The zero-order chi connectivity index (χ0) is 9.38. The van der Waals surface area contributed by atoms with Crippen LogP contribution >= 0.6 is 11.8 Å². The van der Waals surface area contributed by atoms with Crippen LogP contribution in [-0.2, 0) is 0 Å². The summed E-state index contributed by atoms with van der Waals surface area (Å²) in [5.74, 6) is 3.16. The van der Waals surface area contributed by atoms with Crippen LogP contribution in [-0.4, -0.2) is 11.5 Å². The van der Waals surface area contributed by atoms with Crippen molar-refractivity contribution in [2.24, 2.45) is 0 Å². The summed E-state index contributed by atoms with van der Waals surface area (Å²) in [6, 6.07) is 8.22. The van der Waals surface area contributed by atoms with E-state index in [0.29, 0.717) is 0 Å². The van der Waals surface area contributed by atoms with Gasteiger partial charge in [0.2, 0.25) is 0 Å². The Hall–Kier alpha value is -1.15. The predicted octanol–water partition coefficient (Wildman–Crippen LogP) is 3.09. The molecule has 2 heterocycles. The molecular weight excluding hydrogens is 192 g/mol. The van der Waals surface area contributed by atoms with Crippen molar-refractivity contribution in [2.45, 2.75) is 0 Å². The van der Waals surface area contributed by atoms with Gasteiger partial charge in [-0.1, -0.05) is 24.3 Å². The van der Waals surface area contributed by atoms with Gasteiger partial charge in [-0.25, -0.2) is 0 Å². The number of fused-ring (bicyclic) bond motifs is 3. The number of benzene rings is 1. The largest absolute Gasteiger partial charge is 0.464 e. The molecule has 0 N–H and O–H groups in total. The van der Waals surface area contributed by atoms with E-state index in [0.717, 1.165) is 17.3 Å². The van der Waals surface area contributed by atoms with E-state index >= 15 is 0 Å². The van der Waals surface area contributed by atoms with Crippen LogP contribution in [0.4, 0.5) is 0 Å². The van der Waals surface area contributed by atoms with E-state index in [9.17, 15) is 0 Å². The lowest BCUT2D eigenvalue weighted by Crippen LogP contribution is -2.07. The van der Waals surface area contributed by atoms with Crippen LogP contribution in [0.1, 0.15) is 5.56 Å². The van der Waals surface area contributed by atoms with E-state index in [4.69, 9.17) is 4.74 Å². The SMILES string of the molecule is C1=C2CSCC=C2c2ccccc2O1. The molecule has 0 amide bonds. The van der Waals surface area contributed by atoms with Gasteiger partial charge in [-0.05, 0) is 11.6 Å². The van der Waals surface area contributed by atoms with Gasteiger partial charge in [0.25, 0.3) is 0 Å². The third kappa shape index (κ3) is 1.18. The Morgan fingerprint density at radius 2 is 2.14 bits per heavy atom. The molecule has 0 spiro atoms. The summed E-state index contributed by atoms with van der Waals surface area (Å²) in [6.07, 6.45) is 4.18. The highest BCUT2D eigenvalue weighted by molar-refractivity contribution is 7.99. The summed E-state index contributed by atoms with van der Waals surface area (Å²) >= 11 is 1.93. The van der Waals surface area contributed by atoms with Gasteiger partial charge in [0, 0.05) is 22.6 Å². The summed E-state index contributed by atoms with van der Waals surface area (Å²) in [6.45, 7) is 0. The molecule has 2 aliphatic heterocycles. The number of rotatable bonds is 0. The maximum atomic E-state index is 5.58. The molecule has 0 bridgehead atoms. The van der Waals surface area contributed by atoms with Crippen molar-refractivity contribution in [3.63, 3.8) is 0 Å². The minimum atomic E-state index is 0.981. The van der Waals surface area contributed by atoms with Crippen LogP contribution < -0.4 is 4.74 Å². The third-order valence-electron chi connectivity index (χ3n) is 2.51. The molecule has 1 aromatic carbocycles. The second kappa shape index (κ2) is 3.21. The van der Waals surface area contributed by atoms with E-state index in [2.05, 4.69) is 18.2 Å². The highest BCUT2D eigenvalue weighted by Crippen LogP contribution is 2.38. The number of allylic oxidation sites excluding steroid dienone is 1. The van der Waals surface area contributed by atoms with E-state index in [1.54, 1.807) is 0 Å². The van der Waals surface area contributed by atoms with E-state index in [-0.39, 0.29) is 0 Å². The van der Waals surface area contributed by atoms with Crippen molar-refractivity contribution in [1.82, 2.24) is 0 Å². The molecule has 0 aromatic heterocycles. The fourth-order valence-corrected chi connectivity index (χ4v) is 2.67. The Labute approximate surface area is 87.5 Å². The molecule has 3 rings (SSSR count). The minimum Gasteiger partial charge on any atom is -0.464 e. The number of ether oxygens (including phenoxy) is 1. The molecule has 0 saturated carbocycles. The Morgan fingerprint density at radius 3 is 3.14 bits per heavy atom. The van der Waals surface area contributed by atoms with Crippen molar-refractivity contribution >= 4 is 17.3 Å². The Morgan fingerprint density at radius 1 is 1.21 bits per heavy atom. The summed E-state index contributed by atoms with van der Waals surface area (Å²) in [5.41, 5.74) is 3.93. The third-order valence-corrected chi connectivity index (χ3v) is 3.43. The topological polar surface area (TPSA) is 9.23 Å². The first-order chi connectivity index (χ1) is 6.95. The van der Waals surface area contributed by atoms with Crippen LogP contribution in [0.5, 0.6) is 5.75 Å². The van der Waals surface area contributed by atoms with Crippen LogP contribution in [0.3, 0.4) is 0 Å². The maximum Gasteiger partial charge on any atom is 0.134 e. The Bertz CT molecular complexity index is 432. The van der Waals surface area contributed by atoms with E-state index in [1.807, 2.05) is 30.2 Å². The quantitative estimate of drug-likeness (QED) is 0.639. The smallest absolute Gasteiger partial charge is 0.134 e. The molecule has 0 atom stereocenters. The minimum absolute atomic E-state index is 0.981. The molecular formula is C12H10OS. The Balaban J connectivity index is 2.17. The molecule has 14 heavy (non-hydrogen) atoms. The molecule has 0 fully saturated rings. The standard InChI is InChI=1S/C12H10OS/c1-2-4-12-11(3-1)10-5-6-14-8-9(10)7-13-12/h1-5,7H,6,8H2. The molecule has 0 radical (unpaired) electrons. The maximum absolute atomic E-state index is 5.58. The highest BCUT2D eigenvalue weighted by Gasteiger charge is 2.19. The van der Waals surface area contributed by atoms with Crippen molar-refractivity contribution in [3.8, 4) is 5.75 Å². The molecule has 0 saturated heterocycles. The van der Waals surface area contributed by atoms with E-state index < -0.39 is 0 Å². The second-order valence-electron chi connectivity index (χ2n) is 3.39. The zero-order valence-corrected chi connectivity index (χ0v) is 8.51. The number of hydrogen-bond donors (Lipinski definition) is 0. The lowest BCUT2D eigenvalue weighted by atomic mass is 9.97. The molecule has 70 valence electrons. The molecule has 1 aromatic rings. The van der Waals surface area contributed by atoms with Crippen molar-refractivity contribution in [1.29, 1.82) is 0 Å². The van der Waals surface area contributed by atoms with Gasteiger partial charge in [-0.3, -0.25) is 0 Å². The number of hydrogen-bond acceptors (Lipinski definition) is 2. The summed E-state index contributed by atoms with van der Waals surface area (Å²) in [7, 11) is 0. The van der Waals surface area contributed by atoms with Gasteiger partial charge in [0.05, 0.1) is 6.26 Å². The second-order valence-corrected chi connectivity index (χ2v) is 4.42.